The van der Waals surface area contributed by atoms with E-state index in [1.807, 2.05) is 36.0 Å². The Bertz CT molecular complexity index is 1690. The zero-order valence-corrected chi connectivity index (χ0v) is 23.8. The topological polar surface area (TPSA) is 138 Å². The molecule has 0 atom stereocenters. The van der Waals surface area contributed by atoms with Crippen LogP contribution in [0.4, 0.5) is 5.95 Å². The van der Waals surface area contributed by atoms with E-state index in [-0.39, 0.29) is 24.9 Å². The third-order valence-corrected chi connectivity index (χ3v) is 7.66. The van der Waals surface area contributed by atoms with Crippen LogP contribution in [0.15, 0.2) is 48.8 Å². The smallest absolute Gasteiger partial charge is 0.295 e. The quantitative estimate of drug-likeness (QED) is 0.138. The van der Waals surface area contributed by atoms with Gasteiger partial charge >= 0.3 is 0 Å². The lowest BCUT2D eigenvalue weighted by Gasteiger charge is -2.26. The van der Waals surface area contributed by atoms with E-state index >= 15 is 0 Å². The first kappa shape index (κ1) is 27.9. The lowest BCUT2D eigenvalue weighted by molar-refractivity contribution is -0.687. The number of fused-ring (bicyclic) bond motifs is 2. The van der Waals surface area contributed by atoms with E-state index in [1.165, 1.54) is 0 Å². The summed E-state index contributed by atoms with van der Waals surface area (Å²) < 4.78 is 11.1. The molecule has 1 aliphatic heterocycles. The molecule has 0 aliphatic carbocycles. The van der Waals surface area contributed by atoms with Crippen molar-refractivity contribution in [3.8, 4) is 11.8 Å². The molecule has 12 heteroatoms. The van der Waals surface area contributed by atoms with Gasteiger partial charge in [0.05, 0.1) is 49.5 Å². The van der Waals surface area contributed by atoms with E-state index in [4.69, 9.17) is 9.72 Å². The first-order valence-corrected chi connectivity index (χ1v) is 14.4. The predicted molar refractivity (Wildman–Crippen MR) is 158 cm³/mol. The van der Waals surface area contributed by atoms with Crippen LogP contribution in [0.2, 0.25) is 0 Å². The number of aryl methyl sites for hydroxylation is 1. The minimum absolute atomic E-state index is 0.0812. The van der Waals surface area contributed by atoms with Crippen LogP contribution >= 0.6 is 0 Å². The maximum absolute atomic E-state index is 10.6. The predicted octanol–water partition coefficient (Wildman–Crippen LogP) is 2.01. The van der Waals surface area contributed by atoms with Gasteiger partial charge in [0.1, 0.15) is 11.4 Å². The average Bonchev–Trinajstić information content (AvgIpc) is 3.49. The van der Waals surface area contributed by atoms with Gasteiger partial charge in [0.2, 0.25) is 5.95 Å². The maximum atomic E-state index is 10.6. The van der Waals surface area contributed by atoms with Gasteiger partial charge in [-0.05, 0) is 44.2 Å². The summed E-state index contributed by atoms with van der Waals surface area (Å²) in [6.45, 7) is 8.36. The molecule has 4 N–H and O–H groups in total. The Morgan fingerprint density at radius 1 is 0.952 bits per heavy atom. The number of anilines is 1. The molecule has 0 spiro atoms. The molecule has 0 amide bonds. The lowest BCUT2D eigenvalue weighted by atomic mass is 10.2. The first-order chi connectivity index (χ1) is 20.5. The molecular weight excluding hydrogens is 536 g/mol. The van der Waals surface area contributed by atoms with Crippen molar-refractivity contribution < 1.29 is 24.6 Å². The number of aromatic hydroxyl groups is 2. The van der Waals surface area contributed by atoms with Gasteiger partial charge in [-0.1, -0.05) is 6.07 Å². The summed E-state index contributed by atoms with van der Waals surface area (Å²) in [5, 5.41) is 33.6. The number of ether oxygens (including phenoxy) is 1. The highest BCUT2D eigenvalue weighted by atomic mass is 16.5. The Hall–Kier alpha value is -4.26. The van der Waals surface area contributed by atoms with Crippen molar-refractivity contribution in [3.63, 3.8) is 0 Å². The van der Waals surface area contributed by atoms with Crippen molar-refractivity contribution in [1.29, 1.82) is 0 Å². The Labute approximate surface area is 243 Å². The number of pyridine rings is 2. The molecule has 0 bridgehead atoms. The van der Waals surface area contributed by atoms with Crippen LogP contribution < -0.4 is 9.88 Å². The zero-order chi connectivity index (χ0) is 29.1. The fourth-order valence-electron chi connectivity index (χ4n) is 5.50. The summed E-state index contributed by atoms with van der Waals surface area (Å²) in [5.41, 5.74) is 5.71. The lowest BCUT2D eigenvalue weighted by Crippen LogP contribution is -2.37. The van der Waals surface area contributed by atoms with Crippen molar-refractivity contribution in [2.24, 2.45) is 0 Å². The zero-order valence-electron chi connectivity index (χ0n) is 23.8. The highest BCUT2D eigenvalue weighted by Crippen LogP contribution is 2.25. The van der Waals surface area contributed by atoms with Gasteiger partial charge in [0, 0.05) is 37.0 Å². The monoisotopic (exact) mass is 573 g/mol. The number of nitrogens with one attached hydrogen (secondary N) is 1. The third-order valence-electron chi connectivity index (χ3n) is 7.66. The van der Waals surface area contributed by atoms with Crippen LogP contribution in [-0.4, -0.2) is 90.3 Å². The number of morpholine rings is 1. The Balaban J connectivity index is 1.27. The molecule has 0 saturated carbocycles. The third kappa shape index (κ3) is 6.01. The van der Waals surface area contributed by atoms with Gasteiger partial charge in [-0.2, -0.15) is 9.55 Å². The second kappa shape index (κ2) is 12.3. The molecule has 5 heterocycles. The Morgan fingerprint density at radius 2 is 1.81 bits per heavy atom. The summed E-state index contributed by atoms with van der Waals surface area (Å²) in [5.74, 6) is 0.899. The molecular formula is C30H37N8O4+. The molecule has 1 aliphatic rings. The fourth-order valence-corrected chi connectivity index (χ4v) is 5.50. The molecule has 0 unspecified atom stereocenters. The molecule has 5 aromatic rings. The van der Waals surface area contributed by atoms with Crippen LogP contribution in [0.3, 0.4) is 0 Å². The normalized spacial score (nSPS) is 14.2. The van der Waals surface area contributed by atoms with Crippen molar-refractivity contribution >= 4 is 28.0 Å². The SMILES string of the molecule is Cc1ccc(O)c(Cn2c(NCCCN3CCOCC3)nc3ccc(C[n+]4ccc5c(c4)nc(O)n5CCO)cc32)n1. The van der Waals surface area contributed by atoms with Gasteiger partial charge in [0.25, 0.3) is 6.01 Å². The van der Waals surface area contributed by atoms with Gasteiger partial charge in [-0.15, -0.1) is 0 Å². The number of rotatable bonds is 11. The number of imidazole rings is 2. The highest BCUT2D eigenvalue weighted by molar-refractivity contribution is 5.80. The number of aliphatic hydroxyl groups excluding tert-OH is 1. The fraction of sp³-hybridized carbons (Fsp3) is 0.400. The van der Waals surface area contributed by atoms with Gasteiger partial charge in [0.15, 0.2) is 24.5 Å². The van der Waals surface area contributed by atoms with E-state index in [0.29, 0.717) is 24.3 Å². The van der Waals surface area contributed by atoms with Crippen LogP contribution in [0.25, 0.3) is 22.1 Å². The molecule has 42 heavy (non-hydrogen) atoms. The second-order valence-electron chi connectivity index (χ2n) is 10.7. The summed E-state index contributed by atoms with van der Waals surface area (Å²) in [6.07, 6.45) is 4.81. The molecule has 6 rings (SSSR count). The van der Waals surface area contributed by atoms with E-state index in [0.717, 1.165) is 79.6 Å². The molecule has 0 radical (unpaired) electrons. The maximum Gasteiger partial charge on any atom is 0.295 e. The van der Waals surface area contributed by atoms with Crippen molar-refractivity contribution in [2.75, 3.05) is 51.3 Å². The minimum atomic E-state index is -0.111. The number of nitrogens with zero attached hydrogens (tertiary/aromatic N) is 7. The number of hydrogen-bond acceptors (Lipinski definition) is 9. The number of aromatic nitrogens is 6. The minimum Gasteiger partial charge on any atom is -0.506 e. The summed E-state index contributed by atoms with van der Waals surface area (Å²) >= 11 is 0. The summed E-state index contributed by atoms with van der Waals surface area (Å²) in [4.78, 5) is 16.2. The molecule has 4 aromatic heterocycles. The standard InChI is InChI=1S/C30H36N8O4/c1-21-3-6-28(40)25(32-21)20-38-27-17-22(18-36-10-7-26-24(19-36)34-30(41)37(26)11-14-39)4-5-23(27)33-29(38)31-8-2-9-35-12-15-42-16-13-35/h3-7,10,17,19,39H,2,8-9,11-16,18,20H2,1H3,(H2-,31,33,34,40,41)/p+1. The Kier molecular flexibility index (Phi) is 8.17. The largest absolute Gasteiger partial charge is 0.506 e. The van der Waals surface area contributed by atoms with Gasteiger partial charge < -0.3 is 29.9 Å². The summed E-state index contributed by atoms with van der Waals surface area (Å²) in [7, 11) is 0. The summed E-state index contributed by atoms with van der Waals surface area (Å²) in [6, 6.07) is 11.5. The molecule has 12 nitrogen and oxygen atoms in total. The molecule has 220 valence electrons. The van der Waals surface area contributed by atoms with Gasteiger partial charge in [-0.3, -0.25) is 14.5 Å². The van der Waals surface area contributed by atoms with E-state index in [2.05, 4.69) is 36.9 Å². The first-order valence-electron chi connectivity index (χ1n) is 14.4. The average molecular weight is 574 g/mol. The van der Waals surface area contributed by atoms with Crippen molar-refractivity contribution in [2.45, 2.75) is 33.0 Å². The van der Waals surface area contributed by atoms with Crippen molar-refractivity contribution in [3.05, 3.63) is 65.7 Å². The van der Waals surface area contributed by atoms with Gasteiger partial charge in [-0.25, -0.2) is 4.98 Å². The number of benzene rings is 1. The van der Waals surface area contributed by atoms with E-state index in [9.17, 15) is 15.3 Å². The van der Waals surface area contributed by atoms with E-state index < -0.39 is 0 Å². The van der Waals surface area contributed by atoms with Crippen LogP contribution in [0, 0.1) is 6.92 Å². The van der Waals surface area contributed by atoms with Crippen LogP contribution in [-0.2, 0) is 24.4 Å². The number of hydrogen-bond donors (Lipinski definition) is 4. The molecule has 1 saturated heterocycles. The Morgan fingerprint density at radius 3 is 2.64 bits per heavy atom. The van der Waals surface area contributed by atoms with Crippen LogP contribution in [0.5, 0.6) is 11.8 Å². The van der Waals surface area contributed by atoms with E-state index in [1.54, 1.807) is 16.7 Å². The molecule has 1 fully saturated rings. The van der Waals surface area contributed by atoms with Crippen molar-refractivity contribution in [1.82, 2.24) is 29.0 Å². The van der Waals surface area contributed by atoms with Crippen LogP contribution in [0.1, 0.15) is 23.4 Å². The highest BCUT2D eigenvalue weighted by Gasteiger charge is 2.18. The molecule has 1 aromatic carbocycles. The second-order valence-corrected chi connectivity index (χ2v) is 10.7. The number of aliphatic hydroxyl groups is 1.